The number of aromatic nitrogens is 1. The van der Waals surface area contributed by atoms with Crippen molar-refractivity contribution in [3.8, 4) is 94.7 Å². The molecule has 2 aliphatic heterocycles. The molecule has 0 amide bonds. The van der Waals surface area contributed by atoms with Crippen LogP contribution >= 0.6 is 0 Å². The van der Waals surface area contributed by atoms with Crippen LogP contribution in [-0.4, -0.2) is 11.3 Å². The fourth-order valence-corrected chi connectivity index (χ4v) is 18.0. The van der Waals surface area contributed by atoms with Gasteiger partial charge in [0, 0.05) is 61.5 Å². The third-order valence-corrected chi connectivity index (χ3v) is 23.2. The minimum Gasteiger partial charge on any atom is -0.310 e. The summed E-state index contributed by atoms with van der Waals surface area (Å²) in [5, 5.41) is 7.37. The van der Waals surface area contributed by atoms with E-state index >= 15 is 0 Å². The second-order valence-corrected chi connectivity index (χ2v) is 31.9. The summed E-state index contributed by atoms with van der Waals surface area (Å²) in [7, 11) is 0. The molecule has 110 heavy (non-hydrogen) atoms. The van der Waals surface area contributed by atoms with E-state index in [1.807, 2.05) is 0 Å². The van der Waals surface area contributed by atoms with Crippen LogP contribution in [-0.2, 0) is 10.8 Å². The van der Waals surface area contributed by atoms with Crippen LogP contribution in [0.1, 0.15) is 52.7 Å². The summed E-state index contributed by atoms with van der Waals surface area (Å²) >= 11 is 0. The van der Waals surface area contributed by atoms with Crippen molar-refractivity contribution in [2.75, 3.05) is 9.80 Å². The number of hydrogen-bond donors (Lipinski definition) is 0. The van der Waals surface area contributed by atoms with Crippen LogP contribution in [0.5, 0.6) is 0 Å². The van der Waals surface area contributed by atoms with Crippen LogP contribution in [0.15, 0.2) is 376 Å². The molecule has 17 aromatic carbocycles. The van der Waals surface area contributed by atoms with Gasteiger partial charge in [0.1, 0.15) is 0 Å². The molecule has 1 aromatic heterocycles. The molecule has 18 aromatic rings. The first-order valence-corrected chi connectivity index (χ1v) is 38.7. The lowest BCUT2D eigenvalue weighted by Gasteiger charge is -2.46. The molecular formula is C106H80BN3. The predicted molar refractivity (Wildman–Crippen MR) is 471 cm³/mol. The van der Waals surface area contributed by atoms with Gasteiger partial charge in [0.25, 0.3) is 6.71 Å². The smallest absolute Gasteiger partial charge is 0.252 e. The normalized spacial score (nSPS) is 12.6. The SMILES string of the molecule is CC(C)(C)c1ccc2c(c1)c1cc(C(C)(C)C)ccc1n2-c1ccc2c(c1)N(c1c(-c3ccccc3)cc(-c3ccccc3)cc1-c1ccccc1)c1cccc3c1B2c1ccc(-c2c4ccccc4c(-c4ccccc4)c4ccccc24)cc1N3c1c(-c2ccccc2)cc(-c2ccccc2)cc1-c1ccccc1. The number of hydrogen-bond acceptors (Lipinski definition) is 2. The highest BCUT2D eigenvalue weighted by atomic mass is 15.2. The van der Waals surface area contributed by atoms with Crippen LogP contribution in [0.4, 0.5) is 34.1 Å². The second kappa shape index (κ2) is 26.3. The maximum atomic E-state index is 2.69. The van der Waals surface area contributed by atoms with Crippen molar-refractivity contribution in [2.45, 2.75) is 52.4 Å². The van der Waals surface area contributed by atoms with E-state index in [0.717, 1.165) is 112 Å². The lowest BCUT2D eigenvalue weighted by Crippen LogP contribution is -2.61. The molecule has 0 atom stereocenters. The van der Waals surface area contributed by atoms with Gasteiger partial charge in [-0.05, 0) is 206 Å². The highest BCUT2D eigenvalue weighted by Crippen LogP contribution is 2.56. The summed E-state index contributed by atoms with van der Waals surface area (Å²) < 4.78 is 2.55. The molecule has 0 saturated carbocycles. The van der Waals surface area contributed by atoms with Gasteiger partial charge in [0.2, 0.25) is 0 Å². The highest BCUT2D eigenvalue weighted by Gasteiger charge is 2.46. The molecule has 2 aliphatic rings. The van der Waals surface area contributed by atoms with E-state index in [4.69, 9.17) is 0 Å². The third-order valence-electron chi connectivity index (χ3n) is 23.2. The van der Waals surface area contributed by atoms with Crippen LogP contribution in [0.2, 0.25) is 0 Å². The van der Waals surface area contributed by atoms with Crippen molar-refractivity contribution in [3.05, 3.63) is 387 Å². The van der Waals surface area contributed by atoms with Crippen molar-refractivity contribution in [1.29, 1.82) is 0 Å². The molecule has 522 valence electrons. The number of benzene rings is 17. The van der Waals surface area contributed by atoms with Crippen LogP contribution in [0.3, 0.4) is 0 Å². The molecule has 0 N–H and O–H groups in total. The van der Waals surface area contributed by atoms with Crippen LogP contribution in [0.25, 0.3) is 138 Å². The van der Waals surface area contributed by atoms with Crippen molar-refractivity contribution in [2.24, 2.45) is 0 Å². The van der Waals surface area contributed by atoms with Gasteiger partial charge in [-0.3, -0.25) is 0 Å². The van der Waals surface area contributed by atoms with Gasteiger partial charge in [0.05, 0.1) is 22.4 Å². The average Bonchev–Trinajstić information content (AvgIpc) is 0.762. The number of fused-ring (bicyclic) bond motifs is 9. The standard InChI is InChI=1S/C106H80BN3/c1-105(2,3)79-54-59-94-90(66-79)91-67-80(106(4,5)6)55-60-95(91)108(94)81-56-58-93-99(68-81)110(104-88(73-41-22-11-23-42-73)63-78(70-35-16-8-17-36-70)64-89(104)74-43-24-12-25-44-74)97-52-32-51-96-102(97)107(93)92-57-53-76(101-84-49-30-28-47-82(84)100(75-45-26-13-27-46-75)83-48-29-31-50-85(83)101)65-98(92)109(96)103-86(71-37-18-9-19-38-71)61-77(69-33-14-7-15-34-69)62-87(103)72-39-20-10-21-40-72/h7-68H,1-6H3. The average molecular weight is 1410 g/mol. The Balaban J connectivity index is 0.941. The van der Waals surface area contributed by atoms with Crippen LogP contribution in [0, 0.1) is 0 Å². The highest BCUT2D eigenvalue weighted by molar-refractivity contribution is 7.00. The van der Waals surface area contributed by atoms with Crippen molar-refractivity contribution in [1.82, 2.24) is 4.57 Å². The summed E-state index contributed by atoms with van der Waals surface area (Å²) in [6.45, 7) is 13.7. The Hall–Kier alpha value is -13.3. The summed E-state index contributed by atoms with van der Waals surface area (Å²) in [5.41, 5.74) is 34.7. The summed E-state index contributed by atoms with van der Waals surface area (Å²) in [6, 6.07) is 142. The van der Waals surface area contributed by atoms with Gasteiger partial charge < -0.3 is 14.4 Å². The Labute approximate surface area is 645 Å². The minimum absolute atomic E-state index is 0.0646. The molecule has 0 saturated heterocycles. The maximum absolute atomic E-state index is 2.69. The largest absolute Gasteiger partial charge is 0.310 e. The van der Waals surface area contributed by atoms with Gasteiger partial charge in [-0.2, -0.15) is 0 Å². The van der Waals surface area contributed by atoms with Crippen molar-refractivity contribution >= 4 is 101 Å². The first-order valence-electron chi connectivity index (χ1n) is 38.7. The summed E-state index contributed by atoms with van der Waals surface area (Å²) in [4.78, 5) is 5.38. The maximum Gasteiger partial charge on any atom is 0.252 e. The molecule has 3 nitrogen and oxygen atoms in total. The lowest BCUT2D eigenvalue weighted by atomic mass is 9.33. The lowest BCUT2D eigenvalue weighted by molar-refractivity contribution is 0.590. The van der Waals surface area contributed by atoms with Gasteiger partial charge in [0.15, 0.2) is 0 Å². The summed E-state index contributed by atoms with van der Waals surface area (Å²) in [5.74, 6) is 0. The van der Waals surface area contributed by atoms with E-state index in [1.165, 1.54) is 87.6 Å². The third kappa shape index (κ3) is 11.0. The molecule has 0 spiro atoms. The number of nitrogens with zero attached hydrogens (tertiary/aromatic N) is 3. The van der Waals surface area contributed by atoms with Gasteiger partial charge in [-0.15, -0.1) is 0 Å². The quantitative estimate of drug-likeness (QED) is 0.0944. The van der Waals surface area contributed by atoms with Gasteiger partial charge in [-0.1, -0.05) is 339 Å². The van der Waals surface area contributed by atoms with E-state index in [0.29, 0.717) is 0 Å². The van der Waals surface area contributed by atoms with Crippen LogP contribution < -0.4 is 26.2 Å². The Bertz CT molecular complexity index is 6380. The molecule has 3 heterocycles. The van der Waals surface area contributed by atoms with E-state index in [-0.39, 0.29) is 17.5 Å². The number of rotatable bonds is 11. The zero-order valence-electron chi connectivity index (χ0n) is 62.7. The minimum atomic E-state index is -0.259. The molecule has 0 bridgehead atoms. The zero-order chi connectivity index (χ0) is 73.9. The fraction of sp³-hybridized carbons (Fsp3) is 0.0755. The van der Waals surface area contributed by atoms with E-state index in [2.05, 4.69) is 432 Å². The Morgan fingerprint density at radius 1 is 0.227 bits per heavy atom. The second-order valence-electron chi connectivity index (χ2n) is 31.9. The molecule has 20 rings (SSSR count). The molecule has 0 aliphatic carbocycles. The number of anilines is 6. The first kappa shape index (κ1) is 66.2. The van der Waals surface area contributed by atoms with E-state index in [1.54, 1.807) is 0 Å². The Morgan fingerprint density at radius 2 is 0.555 bits per heavy atom. The van der Waals surface area contributed by atoms with E-state index < -0.39 is 0 Å². The van der Waals surface area contributed by atoms with Gasteiger partial charge in [-0.25, -0.2) is 0 Å². The van der Waals surface area contributed by atoms with Crippen molar-refractivity contribution < 1.29 is 0 Å². The monoisotopic (exact) mass is 1410 g/mol. The molecular weight excluding hydrogens is 1330 g/mol. The topological polar surface area (TPSA) is 11.4 Å². The zero-order valence-corrected chi connectivity index (χ0v) is 62.7. The molecule has 0 unspecified atom stereocenters. The fourth-order valence-electron chi connectivity index (χ4n) is 18.0. The Morgan fingerprint density at radius 3 is 0.927 bits per heavy atom. The Kier molecular flexibility index (Phi) is 15.8. The van der Waals surface area contributed by atoms with Gasteiger partial charge >= 0.3 is 0 Å². The molecule has 4 heteroatoms. The summed E-state index contributed by atoms with van der Waals surface area (Å²) in [6.07, 6.45) is 0. The predicted octanol–water partition coefficient (Wildman–Crippen LogP) is 27.1. The molecule has 0 radical (unpaired) electrons. The van der Waals surface area contributed by atoms with E-state index in [9.17, 15) is 0 Å². The molecule has 0 fully saturated rings. The first-order chi connectivity index (χ1) is 53.9. The van der Waals surface area contributed by atoms with Crippen molar-refractivity contribution in [3.63, 3.8) is 0 Å².